The summed E-state index contributed by atoms with van der Waals surface area (Å²) in [6, 6.07) is 11.1. The molecule has 0 radical (unpaired) electrons. The number of nitriles is 1. The summed E-state index contributed by atoms with van der Waals surface area (Å²) in [5, 5.41) is 58.4. The first-order valence-electron chi connectivity index (χ1n) is 9.24. The Hall–Kier alpha value is -2.52. The summed E-state index contributed by atoms with van der Waals surface area (Å²) >= 11 is 5.45. The van der Waals surface area contributed by atoms with Gasteiger partial charge in [-0.3, -0.25) is 0 Å². The Morgan fingerprint density at radius 3 is 2.37 bits per heavy atom. The van der Waals surface area contributed by atoms with Crippen molar-refractivity contribution in [2.75, 3.05) is 6.61 Å². The molecule has 1 aliphatic heterocycles. The maximum absolute atomic E-state index is 10.5. The fourth-order valence-electron chi connectivity index (χ4n) is 3.42. The van der Waals surface area contributed by atoms with Crippen molar-refractivity contribution in [3.8, 4) is 6.07 Å². The minimum atomic E-state index is -1.58. The maximum Gasteiger partial charge on any atom is 0.164 e. The van der Waals surface area contributed by atoms with Gasteiger partial charge in [-0.05, 0) is 31.5 Å². The highest BCUT2D eigenvalue weighted by Gasteiger charge is 2.45. The molecule has 5 atom stereocenters. The predicted octanol–water partition coefficient (Wildman–Crippen LogP) is 2.09. The monoisotopic (exact) mass is 430 g/mol. The molecule has 0 saturated carbocycles. The molecule has 4 N–H and O–H groups in total. The molecule has 0 unspecified atom stereocenters. The Balaban J connectivity index is 2.17. The zero-order chi connectivity index (χ0) is 22.0. The smallest absolute Gasteiger partial charge is 0.164 e. The first-order chi connectivity index (χ1) is 14.3. The molecule has 1 aromatic carbocycles. The second kappa shape index (κ2) is 9.09. The van der Waals surface area contributed by atoms with Crippen LogP contribution in [0.1, 0.15) is 23.0 Å². The summed E-state index contributed by atoms with van der Waals surface area (Å²) in [6.07, 6.45) is -7.00. The van der Waals surface area contributed by atoms with Crippen LogP contribution in [0.5, 0.6) is 0 Å². The lowest BCUT2D eigenvalue weighted by Crippen LogP contribution is -2.56. The molecule has 9 nitrogen and oxygen atoms in total. The summed E-state index contributed by atoms with van der Waals surface area (Å²) in [5.41, 5.74) is 2.08. The van der Waals surface area contributed by atoms with E-state index < -0.39 is 37.3 Å². The number of azo groups is 1. The van der Waals surface area contributed by atoms with Crippen LogP contribution in [0.2, 0.25) is 0 Å². The number of ether oxygens (including phenoxy) is 1. The number of rotatable bonds is 4. The highest BCUT2D eigenvalue weighted by molar-refractivity contribution is 7.71. The fourth-order valence-corrected chi connectivity index (χ4v) is 3.86. The van der Waals surface area contributed by atoms with Gasteiger partial charge in [0.25, 0.3) is 0 Å². The topological polar surface area (TPSA) is 144 Å². The third kappa shape index (κ3) is 3.91. The van der Waals surface area contributed by atoms with Crippen molar-refractivity contribution in [3.05, 3.63) is 51.8 Å². The van der Waals surface area contributed by atoms with Crippen LogP contribution < -0.4 is 0 Å². The highest BCUT2D eigenvalue weighted by Crippen LogP contribution is 2.36. The van der Waals surface area contributed by atoms with Crippen LogP contribution in [-0.4, -0.2) is 56.0 Å². The first-order valence-corrected chi connectivity index (χ1v) is 9.65. The molecule has 0 amide bonds. The number of aliphatic hydroxyl groups excluding tert-OH is 4. The molecule has 2 heterocycles. The van der Waals surface area contributed by atoms with Crippen LogP contribution in [0.4, 0.5) is 11.4 Å². The van der Waals surface area contributed by atoms with E-state index in [9.17, 15) is 25.7 Å². The minimum absolute atomic E-state index is 0.0792. The molecule has 2 aromatic rings. The molecule has 1 saturated heterocycles. The van der Waals surface area contributed by atoms with Crippen molar-refractivity contribution in [2.24, 2.45) is 10.2 Å². The number of pyridine rings is 1. The number of benzene rings is 1. The lowest BCUT2D eigenvalue weighted by atomic mass is 9.97. The summed E-state index contributed by atoms with van der Waals surface area (Å²) in [7, 11) is 0. The van der Waals surface area contributed by atoms with Gasteiger partial charge < -0.3 is 29.7 Å². The van der Waals surface area contributed by atoms with Crippen LogP contribution in [0, 0.1) is 29.8 Å². The van der Waals surface area contributed by atoms with Gasteiger partial charge in [0.1, 0.15) is 40.8 Å². The number of hydrogen-bond donors (Lipinski definition) is 4. The molecular formula is C20H22N4O5S. The summed E-state index contributed by atoms with van der Waals surface area (Å²) in [4.78, 5) is 0. The second-order valence-corrected chi connectivity index (χ2v) is 7.36. The number of aliphatic hydroxyl groups is 4. The van der Waals surface area contributed by atoms with Crippen LogP contribution >= 0.6 is 12.2 Å². The lowest BCUT2D eigenvalue weighted by molar-refractivity contribution is -0.252. The SMILES string of the molecule is Cc1c(N=Nc2ccccc2)c(C)n([C@H]2O[C@@H](CO)[C@@H](O)[C@@H](O)[C@H]2O)c(=S)c1C#N. The van der Waals surface area contributed by atoms with E-state index in [0.717, 1.165) is 0 Å². The average Bonchev–Trinajstić information content (AvgIpc) is 2.74. The quantitative estimate of drug-likeness (QED) is 0.429. The second-order valence-electron chi connectivity index (χ2n) is 6.98. The van der Waals surface area contributed by atoms with E-state index >= 15 is 0 Å². The van der Waals surface area contributed by atoms with Crippen molar-refractivity contribution in [3.63, 3.8) is 0 Å². The molecule has 30 heavy (non-hydrogen) atoms. The summed E-state index contributed by atoms with van der Waals surface area (Å²) in [5.74, 6) is 0. The van der Waals surface area contributed by atoms with Gasteiger partial charge in [0.15, 0.2) is 6.23 Å². The molecular weight excluding hydrogens is 408 g/mol. The van der Waals surface area contributed by atoms with Gasteiger partial charge >= 0.3 is 0 Å². The molecule has 0 spiro atoms. The van der Waals surface area contributed by atoms with Crippen LogP contribution in [0.3, 0.4) is 0 Å². The van der Waals surface area contributed by atoms with E-state index in [1.54, 1.807) is 26.0 Å². The maximum atomic E-state index is 10.5. The van der Waals surface area contributed by atoms with Crippen LogP contribution in [-0.2, 0) is 4.74 Å². The predicted molar refractivity (Wildman–Crippen MR) is 109 cm³/mol. The molecule has 1 fully saturated rings. The van der Waals surface area contributed by atoms with E-state index in [1.165, 1.54) is 4.57 Å². The third-order valence-corrected chi connectivity index (χ3v) is 5.52. The van der Waals surface area contributed by atoms with Gasteiger partial charge in [-0.1, -0.05) is 30.4 Å². The van der Waals surface area contributed by atoms with Gasteiger partial charge in [0, 0.05) is 5.69 Å². The number of aromatic nitrogens is 1. The molecule has 1 aromatic heterocycles. The first kappa shape index (κ1) is 22.2. The van der Waals surface area contributed by atoms with Crippen molar-refractivity contribution >= 4 is 23.6 Å². The summed E-state index contributed by atoms with van der Waals surface area (Å²) < 4.78 is 7.08. The third-order valence-electron chi connectivity index (χ3n) is 5.12. The molecule has 0 bridgehead atoms. The minimum Gasteiger partial charge on any atom is -0.394 e. The Labute approximate surface area is 178 Å². The Morgan fingerprint density at radius 1 is 1.10 bits per heavy atom. The zero-order valence-electron chi connectivity index (χ0n) is 16.4. The molecule has 1 aliphatic rings. The highest BCUT2D eigenvalue weighted by atomic mass is 32.1. The van der Waals surface area contributed by atoms with E-state index in [-0.39, 0.29) is 10.2 Å². The fraction of sp³-hybridized carbons (Fsp3) is 0.400. The molecule has 10 heteroatoms. The normalized spacial score (nSPS) is 26.6. The van der Waals surface area contributed by atoms with E-state index in [0.29, 0.717) is 22.6 Å². The molecule has 158 valence electrons. The molecule has 3 rings (SSSR count). The van der Waals surface area contributed by atoms with Crippen LogP contribution in [0.25, 0.3) is 0 Å². The molecule has 0 aliphatic carbocycles. The van der Waals surface area contributed by atoms with Gasteiger partial charge in [0.2, 0.25) is 0 Å². The zero-order valence-corrected chi connectivity index (χ0v) is 17.2. The van der Waals surface area contributed by atoms with Crippen molar-refractivity contribution in [2.45, 2.75) is 44.5 Å². The van der Waals surface area contributed by atoms with E-state index in [1.807, 2.05) is 24.3 Å². The summed E-state index contributed by atoms with van der Waals surface area (Å²) in [6.45, 7) is 2.79. The van der Waals surface area contributed by atoms with Crippen molar-refractivity contribution in [1.29, 1.82) is 5.26 Å². The van der Waals surface area contributed by atoms with Crippen molar-refractivity contribution < 1.29 is 25.2 Å². The standard InChI is InChI=1S/C20H22N4O5S/c1-10-13(8-21)20(30)24(19-18(28)17(27)16(26)14(9-25)29-19)11(2)15(10)23-22-12-6-4-3-5-7-12/h3-7,14,16-19,25-28H,9H2,1-2H3/t14-,16+,17+,18+,19-/m0/s1. The number of hydrogen-bond acceptors (Lipinski definition) is 9. The van der Waals surface area contributed by atoms with Gasteiger partial charge in [-0.2, -0.15) is 10.4 Å². The van der Waals surface area contributed by atoms with E-state index in [2.05, 4.69) is 10.2 Å². The Kier molecular flexibility index (Phi) is 6.72. The lowest BCUT2D eigenvalue weighted by Gasteiger charge is -2.41. The van der Waals surface area contributed by atoms with Crippen molar-refractivity contribution in [1.82, 2.24) is 4.57 Å². The Morgan fingerprint density at radius 2 is 1.77 bits per heavy atom. The van der Waals surface area contributed by atoms with Crippen LogP contribution in [0.15, 0.2) is 40.6 Å². The Bertz CT molecular complexity index is 1050. The van der Waals surface area contributed by atoms with E-state index in [4.69, 9.17) is 17.0 Å². The van der Waals surface area contributed by atoms with Gasteiger partial charge in [-0.15, -0.1) is 5.11 Å². The largest absolute Gasteiger partial charge is 0.394 e. The van der Waals surface area contributed by atoms with Gasteiger partial charge in [-0.25, -0.2) is 0 Å². The number of nitrogens with zero attached hydrogens (tertiary/aromatic N) is 4. The average molecular weight is 430 g/mol. The van der Waals surface area contributed by atoms with Gasteiger partial charge in [0.05, 0.1) is 17.9 Å².